The number of nitrogens with one attached hydrogen (secondary N) is 1. The molecule has 21 heavy (non-hydrogen) atoms. The van der Waals surface area contributed by atoms with Gasteiger partial charge in [0.2, 0.25) is 0 Å². The molecule has 1 heterocycles. The van der Waals surface area contributed by atoms with Crippen LogP contribution < -0.4 is 14.8 Å². The lowest BCUT2D eigenvalue weighted by Crippen LogP contribution is -2.12. The van der Waals surface area contributed by atoms with Gasteiger partial charge in [0, 0.05) is 24.2 Å². The fraction of sp³-hybridized carbons (Fsp3) is 0.400. The maximum Gasteiger partial charge on any atom is 0.161 e. The van der Waals surface area contributed by atoms with E-state index in [0.29, 0.717) is 11.5 Å². The maximum absolute atomic E-state index is 8.79. The second kappa shape index (κ2) is 7.97. The summed E-state index contributed by atoms with van der Waals surface area (Å²) in [7, 11) is 1.61. The summed E-state index contributed by atoms with van der Waals surface area (Å²) in [6, 6.07) is 5.79. The Bertz CT molecular complexity index is 572. The smallest absolute Gasteiger partial charge is 0.161 e. The Balaban J connectivity index is 1.90. The molecule has 0 saturated heterocycles. The number of aliphatic hydroxyl groups excluding tert-OH is 1. The molecular weight excluding hydrogens is 288 g/mol. The molecule has 1 aromatic carbocycles. The number of ether oxygens (including phenoxy) is 2. The van der Waals surface area contributed by atoms with E-state index in [-0.39, 0.29) is 13.2 Å². The zero-order valence-corrected chi connectivity index (χ0v) is 13.1. The van der Waals surface area contributed by atoms with E-state index in [1.54, 1.807) is 18.4 Å². The van der Waals surface area contributed by atoms with Gasteiger partial charge in [-0.2, -0.15) is 0 Å². The number of thiazole rings is 1. The fourth-order valence-electron chi connectivity index (χ4n) is 1.91. The fourth-order valence-corrected chi connectivity index (χ4v) is 2.68. The SMILES string of the molecule is COc1cc(CNCc2cnc(C)s2)ccc1OCCO. The van der Waals surface area contributed by atoms with Crippen LogP contribution in [0.4, 0.5) is 0 Å². The summed E-state index contributed by atoms with van der Waals surface area (Å²) in [6.45, 7) is 3.80. The van der Waals surface area contributed by atoms with Gasteiger partial charge in [0.25, 0.3) is 0 Å². The average Bonchev–Trinajstić information content (AvgIpc) is 2.91. The Morgan fingerprint density at radius 1 is 1.29 bits per heavy atom. The highest BCUT2D eigenvalue weighted by Gasteiger charge is 2.06. The van der Waals surface area contributed by atoms with Crippen LogP contribution in [0.15, 0.2) is 24.4 Å². The molecule has 2 rings (SSSR count). The van der Waals surface area contributed by atoms with Crippen LogP contribution in [0.1, 0.15) is 15.4 Å². The van der Waals surface area contributed by atoms with Crippen LogP contribution in [0, 0.1) is 6.92 Å². The molecule has 1 aromatic heterocycles. The van der Waals surface area contributed by atoms with E-state index in [0.717, 1.165) is 23.7 Å². The predicted molar refractivity (Wildman–Crippen MR) is 83.0 cm³/mol. The second-order valence-electron chi connectivity index (χ2n) is 4.51. The molecule has 0 radical (unpaired) electrons. The molecule has 0 aliphatic carbocycles. The third-order valence-electron chi connectivity index (χ3n) is 2.87. The van der Waals surface area contributed by atoms with Crippen molar-refractivity contribution < 1.29 is 14.6 Å². The minimum absolute atomic E-state index is 0.0132. The van der Waals surface area contributed by atoms with Gasteiger partial charge < -0.3 is 19.9 Å². The summed E-state index contributed by atoms with van der Waals surface area (Å²) in [5.74, 6) is 1.32. The molecule has 0 bridgehead atoms. The van der Waals surface area contributed by atoms with Crippen LogP contribution in [0.3, 0.4) is 0 Å². The summed E-state index contributed by atoms with van der Waals surface area (Å²) in [5.41, 5.74) is 1.12. The summed E-state index contributed by atoms with van der Waals surface area (Å²) in [4.78, 5) is 5.46. The van der Waals surface area contributed by atoms with Crippen molar-refractivity contribution in [3.8, 4) is 11.5 Å². The zero-order valence-electron chi connectivity index (χ0n) is 12.3. The molecule has 114 valence electrons. The van der Waals surface area contributed by atoms with Gasteiger partial charge in [-0.3, -0.25) is 0 Å². The highest BCUT2D eigenvalue weighted by atomic mass is 32.1. The number of aromatic nitrogens is 1. The molecule has 0 saturated carbocycles. The minimum atomic E-state index is -0.0132. The van der Waals surface area contributed by atoms with Crippen LogP contribution in [0.2, 0.25) is 0 Å². The molecule has 0 spiro atoms. The molecule has 0 unspecified atom stereocenters. The van der Waals surface area contributed by atoms with Gasteiger partial charge in [-0.15, -0.1) is 11.3 Å². The van der Waals surface area contributed by atoms with Crippen LogP contribution in [0.25, 0.3) is 0 Å². The van der Waals surface area contributed by atoms with Crippen molar-refractivity contribution in [2.24, 2.45) is 0 Å². The number of aliphatic hydroxyl groups is 1. The van der Waals surface area contributed by atoms with Crippen molar-refractivity contribution in [1.82, 2.24) is 10.3 Å². The van der Waals surface area contributed by atoms with E-state index in [1.165, 1.54) is 4.88 Å². The van der Waals surface area contributed by atoms with Gasteiger partial charge >= 0.3 is 0 Å². The highest BCUT2D eigenvalue weighted by molar-refractivity contribution is 7.11. The first-order valence-corrected chi connectivity index (χ1v) is 7.57. The van der Waals surface area contributed by atoms with E-state index in [1.807, 2.05) is 31.3 Å². The van der Waals surface area contributed by atoms with Gasteiger partial charge in [0.1, 0.15) is 6.61 Å². The standard InChI is InChI=1S/C15H20N2O3S/c1-11-17-10-13(21-11)9-16-8-12-3-4-14(20-6-5-18)15(7-12)19-2/h3-4,7,10,16,18H,5-6,8-9H2,1-2H3. The van der Waals surface area contributed by atoms with E-state index in [4.69, 9.17) is 14.6 Å². The monoisotopic (exact) mass is 308 g/mol. The van der Waals surface area contributed by atoms with Crippen molar-refractivity contribution in [1.29, 1.82) is 0 Å². The van der Waals surface area contributed by atoms with E-state index in [9.17, 15) is 0 Å². The van der Waals surface area contributed by atoms with Crippen molar-refractivity contribution in [3.05, 3.63) is 39.8 Å². The van der Waals surface area contributed by atoms with Crippen molar-refractivity contribution in [3.63, 3.8) is 0 Å². The number of rotatable bonds is 8. The van der Waals surface area contributed by atoms with E-state index in [2.05, 4.69) is 10.3 Å². The second-order valence-corrected chi connectivity index (χ2v) is 5.83. The molecule has 2 aromatic rings. The summed E-state index contributed by atoms with van der Waals surface area (Å²) >= 11 is 1.70. The molecule has 0 atom stereocenters. The van der Waals surface area contributed by atoms with E-state index >= 15 is 0 Å². The van der Waals surface area contributed by atoms with Crippen LogP contribution in [-0.2, 0) is 13.1 Å². The predicted octanol–water partition coefficient (Wildman–Crippen LogP) is 2.12. The van der Waals surface area contributed by atoms with Crippen LogP contribution >= 0.6 is 11.3 Å². The number of nitrogens with zero attached hydrogens (tertiary/aromatic N) is 1. The third-order valence-corrected chi connectivity index (χ3v) is 3.79. The van der Waals surface area contributed by atoms with Gasteiger partial charge in [-0.25, -0.2) is 4.98 Å². The number of methoxy groups -OCH3 is 1. The van der Waals surface area contributed by atoms with Gasteiger partial charge in [-0.05, 0) is 24.6 Å². The molecule has 2 N–H and O–H groups in total. The lowest BCUT2D eigenvalue weighted by Gasteiger charge is -2.11. The Morgan fingerprint density at radius 2 is 2.14 bits per heavy atom. The first-order chi connectivity index (χ1) is 10.2. The number of hydrogen-bond acceptors (Lipinski definition) is 6. The van der Waals surface area contributed by atoms with E-state index < -0.39 is 0 Å². The van der Waals surface area contributed by atoms with Gasteiger partial charge in [0.15, 0.2) is 11.5 Å². The molecular formula is C15H20N2O3S. The van der Waals surface area contributed by atoms with Crippen LogP contribution in [-0.4, -0.2) is 30.4 Å². The first-order valence-electron chi connectivity index (χ1n) is 6.75. The highest BCUT2D eigenvalue weighted by Crippen LogP contribution is 2.28. The lowest BCUT2D eigenvalue weighted by atomic mass is 10.2. The Labute approximate surface area is 128 Å². The number of hydrogen-bond donors (Lipinski definition) is 2. The molecule has 0 amide bonds. The van der Waals surface area contributed by atoms with Crippen molar-refractivity contribution >= 4 is 11.3 Å². The minimum Gasteiger partial charge on any atom is -0.493 e. The first kappa shape index (κ1) is 15.8. The van der Waals surface area contributed by atoms with Gasteiger partial charge in [-0.1, -0.05) is 6.07 Å². The number of benzene rings is 1. The quantitative estimate of drug-likeness (QED) is 0.782. The van der Waals surface area contributed by atoms with Crippen molar-refractivity contribution in [2.75, 3.05) is 20.3 Å². The Kier molecular flexibility index (Phi) is 5.98. The normalized spacial score (nSPS) is 10.6. The topological polar surface area (TPSA) is 63.6 Å². The Hall–Kier alpha value is -1.63. The third kappa shape index (κ3) is 4.70. The summed E-state index contributed by atoms with van der Waals surface area (Å²) < 4.78 is 10.7. The maximum atomic E-state index is 8.79. The van der Waals surface area contributed by atoms with Gasteiger partial charge in [0.05, 0.1) is 18.7 Å². The molecule has 0 fully saturated rings. The summed E-state index contributed by atoms with van der Waals surface area (Å²) in [6.07, 6.45) is 1.90. The largest absolute Gasteiger partial charge is 0.493 e. The van der Waals surface area contributed by atoms with Crippen molar-refractivity contribution in [2.45, 2.75) is 20.0 Å². The molecule has 5 nitrogen and oxygen atoms in total. The summed E-state index contributed by atoms with van der Waals surface area (Å²) in [5, 5.41) is 13.3. The zero-order chi connectivity index (χ0) is 15.1. The molecule has 6 heteroatoms. The lowest BCUT2D eigenvalue weighted by molar-refractivity contribution is 0.196. The molecule has 0 aliphatic rings. The average molecular weight is 308 g/mol. The number of aryl methyl sites for hydroxylation is 1. The molecule has 0 aliphatic heterocycles. The van der Waals surface area contributed by atoms with Crippen LogP contribution in [0.5, 0.6) is 11.5 Å². The Morgan fingerprint density at radius 3 is 2.81 bits per heavy atom.